The molecule has 158 valence electrons. The monoisotopic (exact) mass is 416 g/mol. The number of ether oxygens (including phenoxy) is 2. The van der Waals surface area contributed by atoms with Gasteiger partial charge in [-0.3, -0.25) is 4.79 Å². The van der Waals surface area contributed by atoms with Crippen LogP contribution in [0.1, 0.15) is 46.5 Å². The minimum absolute atomic E-state index is 0. The van der Waals surface area contributed by atoms with Crippen molar-refractivity contribution in [2.75, 3.05) is 6.61 Å². The van der Waals surface area contributed by atoms with Crippen molar-refractivity contribution in [1.82, 2.24) is 5.32 Å². The van der Waals surface area contributed by atoms with Crippen molar-refractivity contribution in [1.29, 1.82) is 0 Å². The highest BCUT2D eigenvalue weighted by molar-refractivity contribution is 5.89. The number of hydrogen-bond acceptors (Lipinski definition) is 5. The Kier molecular flexibility index (Phi) is 10.9. The third-order valence-electron chi connectivity index (χ3n) is 4.12. The van der Waals surface area contributed by atoms with Gasteiger partial charge in [-0.2, -0.15) is 13.2 Å². The van der Waals surface area contributed by atoms with Crippen LogP contribution in [0.2, 0.25) is 0 Å². The zero-order chi connectivity index (χ0) is 19.9. The van der Waals surface area contributed by atoms with Crippen molar-refractivity contribution in [3.8, 4) is 0 Å². The second kappa shape index (κ2) is 11.5. The Labute approximate surface area is 163 Å². The highest BCUT2D eigenvalue weighted by atomic mass is 35.5. The van der Waals surface area contributed by atoms with Crippen molar-refractivity contribution < 1.29 is 32.2 Å². The highest BCUT2D eigenvalue weighted by Crippen LogP contribution is 2.25. The van der Waals surface area contributed by atoms with Gasteiger partial charge in [0.05, 0.1) is 24.9 Å². The van der Waals surface area contributed by atoms with E-state index in [9.17, 15) is 22.8 Å². The summed E-state index contributed by atoms with van der Waals surface area (Å²) in [7, 11) is 0. The summed E-state index contributed by atoms with van der Waals surface area (Å²) >= 11 is 0. The maximum absolute atomic E-state index is 12.4. The third kappa shape index (κ3) is 8.49. The molecule has 3 atom stereocenters. The molecule has 0 heterocycles. The van der Waals surface area contributed by atoms with Crippen LogP contribution < -0.4 is 11.1 Å². The van der Waals surface area contributed by atoms with Gasteiger partial charge in [-0.25, -0.2) is 4.79 Å². The molecule has 0 saturated heterocycles. The average Bonchev–Trinajstić information content (AvgIpc) is 2.53. The van der Waals surface area contributed by atoms with Crippen LogP contribution >= 0.6 is 12.4 Å². The van der Waals surface area contributed by atoms with Crippen LogP contribution in [0.25, 0.3) is 0 Å². The van der Waals surface area contributed by atoms with Gasteiger partial charge in [0.1, 0.15) is 6.42 Å². The lowest BCUT2D eigenvalue weighted by molar-refractivity contribution is -0.155. The molecule has 27 heavy (non-hydrogen) atoms. The second-order valence-corrected chi connectivity index (χ2v) is 6.20. The first-order valence-electron chi connectivity index (χ1n) is 8.76. The Morgan fingerprint density at radius 2 is 1.89 bits per heavy atom. The Morgan fingerprint density at radius 1 is 1.30 bits per heavy atom. The van der Waals surface area contributed by atoms with E-state index in [4.69, 9.17) is 15.2 Å². The van der Waals surface area contributed by atoms with E-state index in [2.05, 4.69) is 5.32 Å². The van der Waals surface area contributed by atoms with E-state index in [-0.39, 0.29) is 31.5 Å². The SMILES string of the molecule is CCOC(=O)C1=C[C@@H](OC(CC)CC)[C@H](NC(=O)CC(F)(F)F)[C@@H](N)C1.Cl. The molecule has 1 aliphatic carbocycles. The van der Waals surface area contributed by atoms with Crippen LogP contribution in [0.4, 0.5) is 13.2 Å². The van der Waals surface area contributed by atoms with Crippen LogP contribution in [0.5, 0.6) is 0 Å². The quantitative estimate of drug-likeness (QED) is 0.593. The van der Waals surface area contributed by atoms with Crippen LogP contribution in [-0.4, -0.2) is 49.0 Å². The first kappa shape index (κ1) is 25.7. The van der Waals surface area contributed by atoms with Gasteiger partial charge in [0.15, 0.2) is 0 Å². The van der Waals surface area contributed by atoms with Crippen molar-refractivity contribution in [2.45, 2.75) is 76.9 Å². The van der Waals surface area contributed by atoms with Gasteiger partial charge in [0.2, 0.25) is 5.91 Å². The molecule has 0 spiro atoms. The summed E-state index contributed by atoms with van der Waals surface area (Å²) in [6.07, 6.45) is -4.26. The highest BCUT2D eigenvalue weighted by Gasteiger charge is 2.38. The van der Waals surface area contributed by atoms with E-state index >= 15 is 0 Å². The number of hydrogen-bond donors (Lipinski definition) is 2. The predicted molar refractivity (Wildman–Crippen MR) is 96.4 cm³/mol. The molecule has 0 fully saturated rings. The van der Waals surface area contributed by atoms with Gasteiger partial charge in [0, 0.05) is 11.6 Å². The molecule has 10 heteroatoms. The molecule has 0 aromatic carbocycles. The Hall–Kier alpha value is -1.32. The average molecular weight is 417 g/mol. The standard InChI is InChI=1S/C17H27F3N2O4.ClH/c1-4-11(5-2)26-13-8-10(16(24)25-6-3)7-12(21)15(13)22-14(23)9-17(18,19)20;/h8,11-13,15H,4-7,9,21H2,1-3H3,(H,22,23);1H/t12-,13+,15+;/m0./s1. The first-order valence-corrected chi connectivity index (χ1v) is 8.76. The van der Waals surface area contributed by atoms with Gasteiger partial charge in [-0.1, -0.05) is 13.8 Å². The molecule has 0 unspecified atom stereocenters. The van der Waals surface area contributed by atoms with Crippen molar-refractivity contribution in [2.24, 2.45) is 5.73 Å². The summed E-state index contributed by atoms with van der Waals surface area (Å²) < 4.78 is 48.2. The molecule has 1 amide bonds. The van der Waals surface area contributed by atoms with Gasteiger partial charge < -0.3 is 20.5 Å². The molecule has 0 bridgehead atoms. The third-order valence-corrected chi connectivity index (χ3v) is 4.12. The summed E-state index contributed by atoms with van der Waals surface area (Å²) in [5.74, 6) is -1.72. The number of carbonyl (C=O) groups is 2. The zero-order valence-electron chi connectivity index (χ0n) is 15.7. The maximum atomic E-state index is 12.4. The van der Waals surface area contributed by atoms with Crippen molar-refractivity contribution in [3.63, 3.8) is 0 Å². The minimum Gasteiger partial charge on any atom is -0.463 e. The fourth-order valence-corrected chi connectivity index (χ4v) is 2.81. The number of carbonyl (C=O) groups excluding carboxylic acids is 2. The number of esters is 1. The summed E-state index contributed by atoms with van der Waals surface area (Å²) in [4.78, 5) is 23.7. The normalized spacial score (nSPS) is 22.7. The van der Waals surface area contributed by atoms with Gasteiger partial charge >= 0.3 is 12.1 Å². The number of nitrogens with two attached hydrogens (primary N) is 1. The molecule has 3 N–H and O–H groups in total. The fraction of sp³-hybridized carbons (Fsp3) is 0.765. The molecule has 0 radical (unpaired) electrons. The smallest absolute Gasteiger partial charge is 0.397 e. The van der Waals surface area contributed by atoms with E-state index in [1.54, 1.807) is 6.92 Å². The Balaban J connectivity index is 0.00000676. The lowest BCUT2D eigenvalue weighted by Gasteiger charge is -2.37. The molecular weight excluding hydrogens is 389 g/mol. The molecule has 6 nitrogen and oxygen atoms in total. The summed E-state index contributed by atoms with van der Waals surface area (Å²) in [5, 5.41) is 2.31. The molecule has 1 rings (SSSR count). The predicted octanol–water partition coefficient (Wildman–Crippen LogP) is 2.64. The molecule has 0 saturated carbocycles. The number of amides is 1. The van der Waals surface area contributed by atoms with E-state index in [0.29, 0.717) is 18.4 Å². The Bertz CT molecular complexity index is 525. The largest absolute Gasteiger partial charge is 0.463 e. The van der Waals surface area contributed by atoms with E-state index in [1.807, 2.05) is 13.8 Å². The topological polar surface area (TPSA) is 90.6 Å². The van der Waals surface area contributed by atoms with E-state index in [1.165, 1.54) is 6.08 Å². The van der Waals surface area contributed by atoms with E-state index < -0.39 is 42.7 Å². The number of halogens is 4. The summed E-state index contributed by atoms with van der Waals surface area (Å²) in [5.41, 5.74) is 6.34. The van der Waals surface area contributed by atoms with E-state index in [0.717, 1.165) is 0 Å². The fourth-order valence-electron chi connectivity index (χ4n) is 2.81. The second-order valence-electron chi connectivity index (χ2n) is 6.20. The van der Waals surface area contributed by atoms with Crippen LogP contribution in [0, 0.1) is 0 Å². The summed E-state index contributed by atoms with van der Waals surface area (Å²) in [6, 6.07) is -1.63. The van der Waals surface area contributed by atoms with Gasteiger partial charge in [-0.05, 0) is 32.3 Å². The van der Waals surface area contributed by atoms with Gasteiger partial charge in [0.25, 0.3) is 0 Å². The van der Waals surface area contributed by atoms with Crippen LogP contribution in [-0.2, 0) is 19.1 Å². The minimum atomic E-state index is -4.61. The zero-order valence-corrected chi connectivity index (χ0v) is 16.5. The number of rotatable bonds is 8. The Morgan fingerprint density at radius 3 is 2.37 bits per heavy atom. The molecular formula is C17H28ClF3N2O4. The van der Waals surface area contributed by atoms with Gasteiger partial charge in [-0.15, -0.1) is 12.4 Å². The maximum Gasteiger partial charge on any atom is 0.397 e. The van der Waals surface area contributed by atoms with Crippen LogP contribution in [0.3, 0.4) is 0 Å². The molecule has 1 aliphatic rings. The molecule has 0 aliphatic heterocycles. The lowest BCUT2D eigenvalue weighted by Crippen LogP contribution is -2.57. The molecule has 0 aromatic rings. The first-order chi connectivity index (χ1) is 12.1. The number of nitrogens with one attached hydrogen (secondary N) is 1. The lowest BCUT2D eigenvalue weighted by atomic mass is 9.88. The van der Waals surface area contributed by atoms with Crippen molar-refractivity contribution in [3.05, 3.63) is 11.6 Å². The molecule has 0 aromatic heterocycles. The van der Waals surface area contributed by atoms with Crippen molar-refractivity contribution >= 4 is 24.3 Å². The number of alkyl halides is 3. The summed E-state index contributed by atoms with van der Waals surface area (Å²) in [6.45, 7) is 5.67. The van der Waals surface area contributed by atoms with Crippen LogP contribution in [0.15, 0.2) is 11.6 Å².